The Bertz CT molecular complexity index is 80.5. The van der Waals surface area contributed by atoms with Crippen molar-refractivity contribution in [3.05, 3.63) is 0 Å². The number of hydrogen-bond donors (Lipinski definition) is 2. The molecule has 0 heterocycles. The molecule has 0 radical (unpaired) electrons. The molecule has 0 bridgehead atoms. The Hall–Kier alpha value is -0.570. The van der Waals surface area contributed by atoms with Crippen LogP contribution in [-0.4, -0.2) is 18.5 Å². The van der Waals surface area contributed by atoms with E-state index in [1.807, 2.05) is 6.92 Å². The van der Waals surface area contributed by atoms with Gasteiger partial charge in [0, 0.05) is 6.54 Å². The van der Waals surface area contributed by atoms with E-state index in [-0.39, 0.29) is 11.9 Å². The maximum atomic E-state index is 10.6. The minimum atomic E-state index is -0.130. The number of hydrogen-bond acceptors (Lipinski definition) is 1. The first-order valence-corrected chi connectivity index (χ1v) is 2.79. The van der Waals surface area contributed by atoms with Gasteiger partial charge >= 0.3 is 0 Å². The summed E-state index contributed by atoms with van der Waals surface area (Å²) in [5, 5.41) is 2.64. The molecule has 0 rings (SSSR count). The van der Waals surface area contributed by atoms with Crippen LogP contribution in [0.1, 0.15) is 13.8 Å². The van der Waals surface area contributed by atoms with Gasteiger partial charge in [-0.25, -0.2) is 0 Å². The van der Waals surface area contributed by atoms with Crippen LogP contribution in [0.4, 0.5) is 0 Å². The molecule has 1 atom stereocenters. The normalized spacial score (nSPS) is 12.9. The van der Waals surface area contributed by atoms with E-state index in [2.05, 4.69) is 11.1 Å². The Kier molecular flexibility index (Phi) is 3.19. The molecular weight excluding hydrogens is 104 g/mol. The number of carbonyl (C=O) groups is 1. The topological polar surface area (TPSA) is 56.7 Å². The third kappa shape index (κ3) is 2.58. The fourth-order valence-corrected chi connectivity index (χ4v) is 0.348. The van der Waals surface area contributed by atoms with E-state index in [0.29, 0.717) is 6.54 Å². The van der Waals surface area contributed by atoms with Gasteiger partial charge in [0.1, 0.15) is 0 Å². The van der Waals surface area contributed by atoms with Gasteiger partial charge in [-0.05, 0) is 13.8 Å². The van der Waals surface area contributed by atoms with Gasteiger partial charge in [0.2, 0.25) is 0 Å². The molecule has 0 fully saturated rings. The van der Waals surface area contributed by atoms with E-state index >= 15 is 0 Å². The molecule has 1 amide bonds. The van der Waals surface area contributed by atoms with Crippen LogP contribution in [0.15, 0.2) is 0 Å². The molecule has 0 saturated carbocycles. The zero-order valence-electron chi connectivity index (χ0n) is 5.40. The molecule has 0 aliphatic heterocycles. The summed E-state index contributed by atoms with van der Waals surface area (Å²) < 4.78 is 0. The van der Waals surface area contributed by atoms with Crippen molar-refractivity contribution in [1.29, 1.82) is 0 Å². The summed E-state index contributed by atoms with van der Waals surface area (Å²) in [7, 11) is 0. The molecule has 0 aromatic carbocycles. The lowest BCUT2D eigenvalue weighted by Crippen LogP contribution is -2.65. The van der Waals surface area contributed by atoms with E-state index in [0.717, 1.165) is 0 Å². The third-order valence-electron chi connectivity index (χ3n) is 0.799. The molecular formula is C5H13N2O+. The van der Waals surface area contributed by atoms with Crippen molar-refractivity contribution >= 4 is 5.91 Å². The van der Waals surface area contributed by atoms with Crippen LogP contribution < -0.4 is 11.1 Å². The van der Waals surface area contributed by atoms with Crippen LogP contribution in [0.2, 0.25) is 0 Å². The number of amides is 1. The number of likely N-dealkylation sites (N-methyl/N-ethyl adjacent to an activating group) is 1. The van der Waals surface area contributed by atoms with Crippen molar-refractivity contribution < 1.29 is 10.5 Å². The highest BCUT2D eigenvalue weighted by Crippen LogP contribution is 1.68. The third-order valence-corrected chi connectivity index (χ3v) is 0.799. The molecule has 0 saturated heterocycles. The molecule has 48 valence electrons. The quantitative estimate of drug-likeness (QED) is 0.466. The van der Waals surface area contributed by atoms with Crippen molar-refractivity contribution in [1.82, 2.24) is 5.32 Å². The van der Waals surface area contributed by atoms with Gasteiger partial charge in [0.25, 0.3) is 5.91 Å². The monoisotopic (exact) mass is 117 g/mol. The van der Waals surface area contributed by atoms with E-state index in [9.17, 15) is 4.79 Å². The summed E-state index contributed by atoms with van der Waals surface area (Å²) in [5.74, 6) is 0.0208. The minimum absolute atomic E-state index is 0.0208. The van der Waals surface area contributed by atoms with E-state index < -0.39 is 0 Å². The Morgan fingerprint density at radius 2 is 2.38 bits per heavy atom. The second-order valence-corrected chi connectivity index (χ2v) is 1.80. The van der Waals surface area contributed by atoms with Gasteiger partial charge < -0.3 is 11.1 Å². The predicted octanol–water partition coefficient (Wildman–Crippen LogP) is -1.25. The highest BCUT2D eigenvalue weighted by Gasteiger charge is 2.06. The Balaban J connectivity index is 3.33. The molecule has 0 unspecified atom stereocenters. The van der Waals surface area contributed by atoms with E-state index in [1.54, 1.807) is 6.92 Å². The average molecular weight is 117 g/mol. The molecule has 3 heteroatoms. The van der Waals surface area contributed by atoms with Crippen LogP contribution in [0.25, 0.3) is 0 Å². The fraction of sp³-hybridized carbons (Fsp3) is 0.800. The first kappa shape index (κ1) is 7.43. The zero-order valence-corrected chi connectivity index (χ0v) is 5.40. The largest absolute Gasteiger partial charge is 0.351 e. The Labute approximate surface area is 49.3 Å². The molecule has 8 heavy (non-hydrogen) atoms. The molecule has 0 aromatic rings. The molecule has 0 aliphatic carbocycles. The number of quaternary nitrogens is 1. The van der Waals surface area contributed by atoms with Gasteiger partial charge in [0.05, 0.1) is 0 Å². The maximum absolute atomic E-state index is 10.6. The van der Waals surface area contributed by atoms with Crippen LogP contribution in [-0.2, 0) is 4.79 Å². The molecule has 0 aliphatic rings. The number of carbonyl (C=O) groups excluding carboxylic acids is 1. The van der Waals surface area contributed by atoms with Crippen LogP contribution >= 0.6 is 0 Å². The molecule has 0 spiro atoms. The van der Waals surface area contributed by atoms with E-state index in [1.165, 1.54) is 0 Å². The van der Waals surface area contributed by atoms with Crippen molar-refractivity contribution in [2.24, 2.45) is 0 Å². The van der Waals surface area contributed by atoms with Gasteiger partial charge in [-0.3, -0.25) is 4.79 Å². The van der Waals surface area contributed by atoms with Gasteiger partial charge in [0.15, 0.2) is 6.04 Å². The highest BCUT2D eigenvalue weighted by atomic mass is 16.2. The summed E-state index contributed by atoms with van der Waals surface area (Å²) in [4.78, 5) is 10.6. The summed E-state index contributed by atoms with van der Waals surface area (Å²) in [6.45, 7) is 4.35. The average Bonchev–Trinajstić information content (AvgIpc) is 1.67. The lowest BCUT2D eigenvalue weighted by atomic mass is 10.3. The van der Waals surface area contributed by atoms with Gasteiger partial charge in [-0.2, -0.15) is 0 Å². The molecule has 4 N–H and O–H groups in total. The first-order valence-electron chi connectivity index (χ1n) is 2.79. The highest BCUT2D eigenvalue weighted by molar-refractivity contribution is 5.79. The van der Waals surface area contributed by atoms with Crippen molar-refractivity contribution in [3.63, 3.8) is 0 Å². The summed E-state index contributed by atoms with van der Waals surface area (Å²) >= 11 is 0. The SMILES string of the molecule is CCNC(=O)[C@H](C)[NH3+]. The number of rotatable bonds is 2. The molecule has 3 nitrogen and oxygen atoms in total. The lowest BCUT2D eigenvalue weighted by molar-refractivity contribution is -0.398. The summed E-state index contributed by atoms with van der Waals surface area (Å²) in [6.07, 6.45) is 0. The van der Waals surface area contributed by atoms with Gasteiger partial charge in [-0.15, -0.1) is 0 Å². The van der Waals surface area contributed by atoms with Crippen LogP contribution in [0, 0.1) is 0 Å². The predicted molar refractivity (Wildman–Crippen MR) is 31.0 cm³/mol. The van der Waals surface area contributed by atoms with Crippen molar-refractivity contribution in [3.8, 4) is 0 Å². The fourth-order valence-electron chi connectivity index (χ4n) is 0.348. The standard InChI is InChI=1S/C5H12N2O/c1-3-7-5(8)4(2)6/h4H,3,6H2,1-2H3,(H,7,8)/p+1/t4-/m0/s1. The lowest BCUT2D eigenvalue weighted by Gasteiger charge is -1.99. The minimum Gasteiger partial charge on any atom is -0.351 e. The first-order chi connectivity index (χ1) is 3.68. The van der Waals surface area contributed by atoms with Crippen molar-refractivity contribution in [2.75, 3.05) is 6.54 Å². The Morgan fingerprint density at radius 1 is 1.88 bits per heavy atom. The maximum Gasteiger partial charge on any atom is 0.277 e. The van der Waals surface area contributed by atoms with E-state index in [4.69, 9.17) is 0 Å². The van der Waals surface area contributed by atoms with Crippen molar-refractivity contribution in [2.45, 2.75) is 19.9 Å². The summed E-state index contributed by atoms with van der Waals surface area (Å²) in [6, 6.07) is -0.130. The molecule has 0 aromatic heterocycles. The Morgan fingerprint density at radius 3 is 2.50 bits per heavy atom. The summed E-state index contributed by atoms with van der Waals surface area (Å²) in [5.41, 5.74) is 3.54. The van der Waals surface area contributed by atoms with Gasteiger partial charge in [-0.1, -0.05) is 0 Å². The van der Waals surface area contributed by atoms with Crippen LogP contribution in [0.3, 0.4) is 0 Å². The zero-order chi connectivity index (χ0) is 6.57. The smallest absolute Gasteiger partial charge is 0.277 e. The van der Waals surface area contributed by atoms with Crippen LogP contribution in [0.5, 0.6) is 0 Å². The second-order valence-electron chi connectivity index (χ2n) is 1.80. The second kappa shape index (κ2) is 3.43. The number of nitrogens with one attached hydrogen (secondary N) is 1.